The van der Waals surface area contributed by atoms with Crippen molar-refractivity contribution >= 4 is 11.8 Å². The number of fused-ring (bicyclic) bond motifs is 3. The minimum absolute atomic E-state index is 0.475. The summed E-state index contributed by atoms with van der Waals surface area (Å²) in [5.41, 5.74) is 2.57. The maximum atomic E-state index is 4.00. The van der Waals surface area contributed by atoms with Gasteiger partial charge in [-0.05, 0) is 54.1 Å². The molecule has 4 rings (SSSR count). The number of nitrogens with one attached hydrogen (secondary N) is 1. The Labute approximate surface area is 133 Å². The van der Waals surface area contributed by atoms with Gasteiger partial charge in [0.25, 0.3) is 0 Å². The average molecular weight is 301 g/mol. The van der Waals surface area contributed by atoms with Gasteiger partial charge in [0.05, 0.1) is 0 Å². The van der Waals surface area contributed by atoms with Gasteiger partial charge in [-0.2, -0.15) is 0 Å². The van der Waals surface area contributed by atoms with Gasteiger partial charge in [0.1, 0.15) is 0 Å². The van der Waals surface area contributed by atoms with Crippen molar-refractivity contribution in [3.8, 4) is 0 Å². The number of thioether (sulfide) groups is 1. The quantitative estimate of drug-likeness (QED) is 0.881. The van der Waals surface area contributed by atoms with Gasteiger partial charge in [0.2, 0.25) is 0 Å². The predicted molar refractivity (Wildman–Crippen MR) is 90.8 cm³/mol. The van der Waals surface area contributed by atoms with Gasteiger partial charge in [0.15, 0.2) is 0 Å². The Morgan fingerprint density at radius 1 is 1.24 bits per heavy atom. The van der Waals surface area contributed by atoms with Crippen LogP contribution < -0.4 is 5.32 Å². The molecule has 21 heavy (non-hydrogen) atoms. The first-order chi connectivity index (χ1) is 9.99. The van der Waals surface area contributed by atoms with Crippen molar-refractivity contribution in [3.05, 3.63) is 29.8 Å². The second-order valence-electron chi connectivity index (χ2n) is 8.31. The average Bonchev–Trinajstić information content (AvgIpc) is 3.06. The van der Waals surface area contributed by atoms with Crippen LogP contribution in [0.3, 0.4) is 0 Å². The van der Waals surface area contributed by atoms with Crippen molar-refractivity contribution in [1.82, 2.24) is 5.32 Å². The molecule has 4 unspecified atom stereocenters. The summed E-state index contributed by atoms with van der Waals surface area (Å²) >= 11 is 2.08. The smallest absolute Gasteiger partial charge is 0.0260 e. The molecule has 114 valence electrons. The summed E-state index contributed by atoms with van der Waals surface area (Å²) in [6.45, 7) is 8.68. The summed E-state index contributed by atoms with van der Waals surface area (Å²) in [7, 11) is 0. The van der Waals surface area contributed by atoms with Crippen molar-refractivity contribution < 1.29 is 0 Å². The highest BCUT2D eigenvalue weighted by molar-refractivity contribution is 8.00. The molecule has 1 aromatic carbocycles. The van der Waals surface area contributed by atoms with Crippen molar-refractivity contribution in [3.63, 3.8) is 0 Å². The lowest BCUT2D eigenvalue weighted by Crippen LogP contribution is -2.51. The zero-order valence-corrected chi connectivity index (χ0v) is 14.3. The highest BCUT2D eigenvalue weighted by Gasteiger charge is 2.59. The Morgan fingerprint density at radius 2 is 2.05 bits per heavy atom. The Bertz CT molecular complexity index is 522. The topological polar surface area (TPSA) is 12.0 Å². The fraction of sp³-hybridized carbons (Fsp3) is 0.684. The third-order valence-electron chi connectivity index (χ3n) is 6.53. The summed E-state index contributed by atoms with van der Waals surface area (Å²) < 4.78 is 0. The molecule has 0 amide bonds. The zero-order chi connectivity index (χ0) is 14.7. The van der Waals surface area contributed by atoms with E-state index in [-0.39, 0.29) is 0 Å². The van der Waals surface area contributed by atoms with E-state index in [1.54, 1.807) is 5.56 Å². The van der Waals surface area contributed by atoms with Gasteiger partial charge in [-0.15, -0.1) is 11.8 Å². The molecule has 1 heterocycles. The lowest BCUT2D eigenvalue weighted by atomic mass is 9.68. The largest absolute Gasteiger partial charge is 0.312 e. The van der Waals surface area contributed by atoms with Gasteiger partial charge in [-0.1, -0.05) is 39.0 Å². The lowest BCUT2D eigenvalue weighted by Gasteiger charge is -2.43. The van der Waals surface area contributed by atoms with Crippen LogP contribution in [0.5, 0.6) is 0 Å². The number of benzene rings is 1. The molecule has 1 aliphatic heterocycles. The van der Waals surface area contributed by atoms with E-state index in [0.717, 1.165) is 17.7 Å². The molecule has 0 spiro atoms. The Morgan fingerprint density at radius 3 is 2.76 bits per heavy atom. The Balaban J connectivity index is 1.42. The molecule has 1 N–H and O–H groups in total. The maximum Gasteiger partial charge on any atom is 0.0260 e. The molecule has 1 aromatic rings. The zero-order valence-electron chi connectivity index (χ0n) is 13.5. The molecule has 1 nitrogen and oxygen atoms in total. The van der Waals surface area contributed by atoms with Crippen LogP contribution in [0.2, 0.25) is 0 Å². The number of rotatable bonds is 3. The maximum absolute atomic E-state index is 4.00. The van der Waals surface area contributed by atoms with Gasteiger partial charge in [-0.25, -0.2) is 0 Å². The van der Waals surface area contributed by atoms with Crippen molar-refractivity contribution in [2.75, 3.05) is 6.54 Å². The fourth-order valence-electron chi connectivity index (χ4n) is 5.43. The van der Waals surface area contributed by atoms with E-state index < -0.39 is 0 Å². The Kier molecular flexibility index (Phi) is 3.21. The van der Waals surface area contributed by atoms with Gasteiger partial charge >= 0.3 is 0 Å². The van der Waals surface area contributed by atoms with Crippen molar-refractivity contribution in [2.24, 2.45) is 16.7 Å². The van der Waals surface area contributed by atoms with Gasteiger partial charge < -0.3 is 5.32 Å². The highest BCUT2D eigenvalue weighted by Crippen LogP contribution is 2.62. The highest BCUT2D eigenvalue weighted by atomic mass is 32.2. The van der Waals surface area contributed by atoms with Crippen molar-refractivity contribution in [2.45, 2.75) is 62.6 Å². The SMILES string of the molecule is CC12CCC(C1)C(C)(C)C2NCC1Cc2ccccc2S1. The van der Waals surface area contributed by atoms with E-state index in [2.05, 4.69) is 62.1 Å². The minimum atomic E-state index is 0.475. The number of hydrogen-bond donors (Lipinski definition) is 1. The molecule has 0 aromatic heterocycles. The van der Waals surface area contributed by atoms with Crippen LogP contribution in [0.4, 0.5) is 0 Å². The summed E-state index contributed by atoms with van der Waals surface area (Å²) in [5.74, 6) is 0.938. The molecule has 2 bridgehead atoms. The standard InChI is InChI=1S/C19H27NS/c1-18(2)14-8-9-19(3,11-14)17(18)20-12-15-10-13-6-4-5-7-16(13)21-15/h4-7,14-15,17,20H,8-12H2,1-3H3. The van der Waals surface area contributed by atoms with Crippen LogP contribution in [0.1, 0.15) is 45.6 Å². The van der Waals surface area contributed by atoms with Crippen LogP contribution >= 0.6 is 11.8 Å². The van der Waals surface area contributed by atoms with Gasteiger partial charge in [-0.3, -0.25) is 0 Å². The normalized spacial score (nSPS) is 39.7. The first-order valence-corrected chi connectivity index (χ1v) is 9.35. The molecule has 0 radical (unpaired) electrons. The van der Waals surface area contributed by atoms with Crippen LogP contribution in [-0.4, -0.2) is 17.8 Å². The summed E-state index contributed by atoms with van der Waals surface area (Å²) in [6, 6.07) is 9.62. The lowest BCUT2D eigenvalue weighted by molar-refractivity contribution is 0.110. The molecule has 3 aliphatic rings. The van der Waals surface area contributed by atoms with Gasteiger partial charge in [0, 0.05) is 22.7 Å². The van der Waals surface area contributed by atoms with E-state index in [1.165, 1.54) is 30.6 Å². The molecule has 4 atom stereocenters. The molecule has 0 saturated heterocycles. The Hall–Kier alpha value is -0.470. The summed E-state index contributed by atoms with van der Waals surface area (Å²) in [6.07, 6.45) is 5.55. The van der Waals surface area contributed by atoms with Crippen LogP contribution in [0.25, 0.3) is 0 Å². The molecule has 2 aliphatic carbocycles. The molecule has 2 saturated carbocycles. The molecular weight excluding hydrogens is 274 g/mol. The van der Waals surface area contributed by atoms with E-state index in [9.17, 15) is 0 Å². The fourth-order valence-corrected chi connectivity index (χ4v) is 6.69. The van der Waals surface area contributed by atoms with E-state index in [1.807, 2.05) is 0 Å². The second kappa shape index (κ2) is 4.76. The summed E-state index contributed by atoms with van der Waals surface area (Å²) in [4.78, 5) is 1.50. The van der Waals surface area contributed by atoms with Crippen LogP contribution in [0.15, 0.2) is 29.2 Å². The van der Waals surface area contributed by atoms with Crippen molar-refractivity contribution in [1.29, 1.82) is 0 Å². The third kappa shape index (κ3) is 2.17. The van der Waals surface area contributed by atoms with E-state index in [0.29, 0.717) is 16.9 Å². The molecule has 2 fully saturated rings. The third-order valence-corrected chi connectivity index (χ3v) is 7.85. The van der Waals surface area contributed by atoms with E-state index >= 15 is 0 Å². The predicted octanol–water partition coefficient (Wildman–Crippen LogP) is 4.51. The number of hydrogen-bond acceptors (Lipinski definition) is 2. The van der Waals surface area contributed by atoms with E-state index in [4.69, 9.17) is 0 Å². The van der Waals surface area contributed by atoms with Crippen LogP contribution in [-0.2, 0) is 6.42 Å². The molecule has 2 heteroatoms. The second-order valence-corrected chi connectivity index (χ2v) is 9.65. The first kappa shape index (κ1) is 14.1. The minimum Gasteiger partial charge on any atom is -0.312 e. The molecular formula is C19H27NS. The van der Waals surface area contributed by atoms with Crippen LogP contribution in [0, 0.1) is 16.7 Å². The summed E-state index contributed by atoms with van der Waals surface area (Å²) in [5, 5.41) is 4.72. The monoisotopic (exact) mass is 301 g/mol. The first-order valence-electron chi connectivity index (χ1n) is 8.47.